The molecule has 6 nitrogen and oxygen atoms in total. The van der Waals surface area contributed by atoms with Gasteiger partial charge in [-0.05, 0) is 6.07 Å². The highest BCUT2D eigenvalue weighted by Crippen LogP contribution is 2.25. The number of ether oxygens (including phenoxy) is 1. The lowest BCUT2D eigenvalue weighted by atomic mass is 10.2. The zero-order valence-corrected chi connectivity index (χ0v) is 9.79. The molecule has 0 fully saturated rings. The summed E-state index contributed by atoms with van der Waals surface area (Å²) in [6, 6.07) is 3.29. The van der Waals surface area contributed by atoms with Gasteiger partial charge in [0.2, 0.25) is 0 Å². The molecule has 0 bridgehead atoms. The molecule has 0 aliphatic heterocycles. The van der Waals surface area contributed by atoms with E-state index in [1.165, 1.54) is 7.11 Å². The van der Waals surface area contributed by atoms with Gasteiger partial charge in [-0.25, -0.2) is 8.42 Å². The summed E-state index contributed by atoms with van der Waals surface area (Å²) in [5.74, 6) is 0. The average Bonchev–Trinajstić information content (AvgIpc) is 2.16. The maximum Gasteiger partial charge on any atom is 0.269 e. The Morgan fingerprint density at radius 3 is 2.56 bits per heavy atom. The molecule has 0 aliphatic carbocycles. The number of nitro benzene ring substituents is 1. The number of benzene rings is 1. The molecule has 88 valence electrons. The molecule has 0 unspecified atom stereocenters. The summed E-state index contributed by atoms with van der Waals surface area (Å²) in [7, 11) is 2.60. The molecule has 0 aliphatic rings. The molecule has 0 spiro atoms. The third-order valence-electron chi connectivity index (χ3n) is 1.82. The van der Waals surface area contributed by atoms with Crippen LogP contribution in [-0.4, -0.2) is 20.5 Å². The van der Waals surface area contributed by atoms with Gasteiger partial charge in [-0.15, -0.1) is 0 Å². The summed E-state index contributed by atoms with van der Waals surface area (Å²) in [6.45, 7) is -0.0665. The van der Waals surface area contributed by atoms with E-state index < -0.39 is 14.0 Å². The number of non-ortho nitro benzene ring substituents is 1. The van der Waals surface area contributed by atoms with Crippen LogP contribution in [0.3, 0.4) is 0 Å². The fourth-order valence-corrected chi connectivity index (χ4v) is 2.30. The van der Waals surface area contributed by atoms with Gasteiger partial charge in [-0.3, -0.25) is 10.1 Å². The van der Waals surface area contributed by atoms with E-state index in [9.17, 15) is 18.5 Å². The van der Waals surface area contributed by atoms with E-state index in [1.54, 1.807) is 0 Å². The number of nitrogens with zero attached hydrogens (tertiary/aromatic N) is 1. The van der Waals surface area contributed by atoms with Crippen LogP contribution in [0, 0.1) is 10.1 Å². The monoisotopic (exact) mass is 265 g/mol. The van der Waals surface area contributed by atoms with Crippen LogP contribution in [0.1, 0.15) is 5.56 Å². The summed E-state index contributed by atoms with van der Waals surface area (Å²) in [5.41, 5.74) is -0.0529. The van der Waals surface area contributed by atoms with Gasteiger partial charge in [0.25, 0.3) is 14.7 Å². The topological polar surface area (TPSA) is 86.5 Å². The Hall–Kier alpha value is -1.18. The van der Waals surface area contributed by atoms with E-state index in [4.69, 9.17) is 15.4 Å². The van der Waals surface area contributed by atoms with Crippen LogP contribution < -0.4 is 0 Å². The summed E-state index contributed by atoms with van der Waals surface area (Å²) in [4.78, 5) is 9.70. The number of rotatable bonds is 4. The number of hydrogen-bond acceptors (Lipinski definition) is 5. The Morgan fingerprint density at radius 2 is 2.12 bits per heavy atom. The number of nitro groups is 1. The van der Waals surface area contributed by atoms with Crippen LogP contribution in [0.2, 0.25) is 0 Å². The van der Waals surface area contributed by atoms with Crippen molar-refractivity contribution < 1.29 is 18.1 Å². The normalized spacial score (nSPS) is 11.4. The lowest BCUT2D eigenvalue weighted by molar-refractivity contribution is -0.385. The molecule has 0 amide bonds. The summed E-state index contributed by atoms with van der Waals surface area (Å²) >= 11 is 0. The maximum absolute atomic E-state index is 11.1. The van der Waals surface area contributed by atoms with E-state index in [0.717, 1.165) is 18.2 Å². The van der Waals surface area contributed by atoms with Gasteiger partial charge in [-0.2, -0.15) is 0 Å². The second kappa shape index (κ2) is 4.77. The molecule has 0 aromatic heterocycles. The fraction of sp³-hybridized carbons (Fsp3) is 0.250. The van der Waals surface area contributed by atoms with Crippen molar-refractivity contribution in [2.75, 3.05) is 7.11 Å². The Labute approximate surface area is 96.4 Å². The molecule has 0 saturated heterocycles. The van der Waals surface area contributed by atoms with Crippen LogP contribution >= 0.6 is 10.7 Å². The zero-order chi connectivity index (χ0) is 12.3. The van der Waals surface area contributed by atoms with Crippen molar-refractivity contribution in [2.45, 2.75) is 11.5 Å². The van der Waals surface area contributed by atoms with Crippen molar-refractivity contribution in [2.24, 2.45) is 0 Å². The number of halogens is 1. The Bertz CT molecular complexity index is 513. The third-order valence-corrected chi connectivity index (χ3v) is 3.24. The van der Waals surface area contributed by atoms with Crippen LogP contribution in [0.5, 0.6) is 0 Å². The first-order chi connectivity index (χ1) is 7.36. The van der Waals surface area contributed by atoms with Crippen LogP contribution in [0.25, 0.3) is 0 Å². The van der Waals surface area contributed by atoms with Crippen molar-refractivity contribution >= 4 is 25.4 Å². The van der Waals surface area contributed by atoms with Gasteiger partial charge in [0, 0.05) is 35.5 Å². The molecule has 0 saturated carbocycles. The Kier molecular flexibility index (Phi) is 3.84. The zero-order valence-electron chi connectivity index (χ0n) is 8.21. The lowest BCUT2D eigenvalue weighted by Crippen LogP contribution is -2.01. The average molecular weight is 266 g/mol. The standard InChI is InChI=1S/C8H8ClNO5S/c1-15-5-6-4-7(10(11)12)2-3-8(6)16(9,13)14/h2-4H,5H2,1H3. The Morgan fingerprint density at radius 1 is 1.50 bits per heavy atom. The minimum absolute atomic E-state index is 0.0665. The first kappa shape index (κ1) is 12.9. The van der Waals surface area contributed by atoms with Crippen molar-refractivity contribution in [1.29, 1.82) is 0 Å². The van der Waals surface area contributed by atoms with E-state index in [0.29, 0.717) is 0 Å². The molecule has 0 N–H and O–H groups in total. The summed E-state index contributed by atoms with van der Waals surface area (Å²) in [6.07, 6.45) is 0. The maximum atomic E-state index is 11.1. The van der Waals surface area contributed by atoms with E-state index in [1.807, 2.05) is 0 Å². The predicted octanol–water partition coefficient (Wildman–Crippen LogP) is 1.67. The fourth-order valence-electron chi connectivity index (χ4n) is 1.19. The minimum atomic E-state index is -3.93. The first-order valence-corrected chi connectivity index (χ1v) is 6.38. The van der Waals surface area contributed by atoms with Crippen molar-refractivity contribution in [3.05, 3.63) is 33.9 Å². The minimum Gasteiger partial charge on any atom is -0.380 e. The van der Waals surface area contributed by atoms with Crippen molar-refractivity contribution in [3.8, 4) is 0 Å². The molecule has 1 aromatic rings. The molecular formula is C8H8ClNO5S. The van der Waals surface area contributed by atoms with Gasteiger partial charge in [-0.1, -0.05) is 0 Å². The van der Waals surface area contributed by atoms with E-state index in [2.05, 4.69) is 0 Å². The Balaban J connectivity index is 3.36. The third kappa shape index (κ3) is 2.91. The van der Waals surface area contributed by atoms with Gasteiger partial charge < -0.3 is 4.74 Å². The highest BCUT2D eigenvalue weighted by Gasteiger charge is 2.18. The van der Waals surface area contributed by atoms with E-state index in [-0.39, 0.29) is 22.8 Å². The quantitative estimate of drug-likeness (QED) is 0.469. The van der Waals surface area contributed by atoms with Gasteiger partial charge in [0.1, 0.15) is 0 Å². The molecule has 8 heteroatoms. The molecule has 0 heterocycles. The molecular weight excluding hydrogens is 258 g/mol. The highest BCUT2D eigenvalue weighted by molar-refractivity contribution is 8.13. The van der Waals surface area contributed by atoms with Gasteiger partial charge >= 0.3 is 0 Å². The largest absolute Gasteiger partial charge is 0.380 e. The molecule has 0 radical (unpaired) electrons. The van der Waals surface area contributed by atoms with Crippen LogP contribution in [0.4, 0.5) is 5.69 Å². The molecule has 1 rings (SSSR count). The lowest BCUT2D eigenvalue weighted by Gasteiger charge is -2.05. The molecule has 0 atom stereocenters. The summed E-state index contributed by atoms with van der Waals surface area (Å²) < 4.78 is 27.1. The highest BCUT2D eigenvalue weighted by atomic mass is 35.7. The SMILES string of the molecule is COCc1cc([N+](=O)[O-])ccc1S(=O)(=O)Cl. The number of hydrogen-bond donors (Lipinski definition) is 0. The summed E-state index contributed by atoms with van der Waals surface area (Å²) in [5, 5.41) is 10.5. The molecule has 16 heavy (non-hydrogen) atoms. The van der Waals surface area contributed by atoms with Crippen LogP contribution in [0.15, 0.2) is 23.1 Å². The predicted molar refractivity (Wildman–Crippen MR) is 56.8 cm³/mol. The van der Waals surface area contributed by atoms with Gasteiger partial charge in [0.05, 0.1) is 16.4 Å². The molecule has 1 aromatic carbocycles. The second-order valence-corrected chi connectivity index (χ2v) is 5.45. The first-order valence-electron chi connectivity index (χ1n) is 4.07. The van der Waals surface area contributed by atoms with Crippen molar-refractivity contribution in [1.82, 2.24) is 0 Å². The number of methoxy groups -OCH3 is 1. The van der Waals surface area contributed by atoms with Gasteiger partial charge in [0.15, 0.2) is 0 Å². The van der Waals surface area contributed by atoms with Crippen molar-refractivity contribution in [3.63, 3.8) is 0 Å². The second-order valence-electron chi connectivity index (χ2n) is 2.92. The van der Waals surface area contributed by atoms with E-state index >= 15 is 0 Å². The van der Waals surface area contributed by atoms with Crippen LogP contribution in [-0.2, 0) is 20.4 Å². The smallest absolute Gasteiger partial charge is 0.269 e.